The molecular formula is C15H23ClN2. The Hall–Kier alpha value is -0.570. The molecule has 0 aliphatic carbocycles. The fraction of sp³-hybridized carbons (Fsp3) is 0.600. The van der Waals surface area contributed by atoms with Crippen LogP contribution < -0.4 is 0 Å². The Morgan fingerprint density at radius 1 is 1.17 bits per heavy atom. The molecular weight excluding hydrogens is 244 g/mol. The van der Waals surface area contributed by atoms with E-state index in [1.54, 1.807) is 0 Å². The number of likely N-dealkylation sites (N-methyl/N-ethyl adjacent to an activating group) is 1. The summed E-state index contributed by atoms with van der Waals surface area (Å²) in [7, 11) is 2.21. The molecule has 0 bridgehead atoms. The van der Waals surface area contributed by atoms with Gasteiger partial charge in [0.25, 0.3) is 0 Å². The molecule has 1 saturated heterocycles. The minimum Gasteiger partial charge on any atom is -0.303 e. The average Bonchev–Trinajstić information content (AvgIpc) is 2.41. The lowest BCUT2D eigenvalue weighted by Gasteiger charge is -2.40. The van der Waals surface area contributed by atoms with Crippen molar-refractivity contribution in [2.45, 2.75) is 18.9 Å². The summed E-state index contributed by atoms with van der Waals surface area (Å²) in [6.45, 7) is 4.63. The Kier molecular flexibility index (Phi) is 5.48. The molecule has 0 N–H and O–H groups in total. The number of alkyl halides is 1. The van der Waals surface area contributed by atoms with E-state index in [-0.39, 0.29) is 0 Å². The highest BCUT2D eigenvalue weighted by Gasteiger charge is 2.25. The fourth-order valence-corrected chi connectivity index (χ4v) is 2.81. The molecule has 18 heavy (non-hydrogen) atoms. The molecule has 2 rings (SSSR count). The molecule has 2 nitrogen and oxygen atoms in total. The van der Waals surface area contributed by atoms with E-state index in [0.29, 0.717) is 6.04 Å². The lowest BCUT2D eigenvalue weighted by atomic mass is 10.0. The fourth-order valence-electron chi connectivity index (χ4n) is 2.63. The SMILES string of the molecule is CN1CCN(CCCCCl)C(c2ccccc2)C1. The van der Waals surface area contributed by atoms with Gasteiger partial charge in [-0.15, -0.1) is 11.6 Å². The number of unbranched alkanes of at least 4 members (excludes halogenated alkanes) is 1. The monoisotopic (exact) mass is 266 g/mol. The van der Waals surface area contributed by atoms with Crippen molar-refractivity contribution in [3.63, 3.8) is 0 Å². The highest BCUT2D eigenvalue weighted by Crippen LogP contribution is 2.24. The van der Waals surface area contributed by atoms with Crippen LogP contribution in [-0.4, -0.2) is 48.9 Å². The normalized spacial score (nSPS) is 22.2. The predicted octanol–water partition coefficient (Wildman–Crippen LogP) is 2.99. The van der Waals surface area contributed by atoms with Crippen molar-refractivity contribution >= 4 is 11.6 Å². The Morgan fingerprint density at radius 3 is 2.67 bits per heavy atom. The number of hydrogen-bond donors (Lipinski definition) is 0. The van der Waals surface area contributed by atoms with Gasteiger partial charge in [0.05, 0.1) is 0 Å². The quantitative estimate of drug-likeness (QED) is 0.597. The number of piperazine rings is 1. The van der Waals surface area contributed by atoms with Gasteiger partial charge in [0.15, 0.2) is 0 Å². The molecule has 1 aliphatic heterocycles. The van der Waals surface area contributed by atoms with E-state index in [4.69, 9.17) is 11.6 Å². The van der Waals surface area contributed by atoms with Crippen LogP contribution in [0.3, 0.4) is 0 Å². The molecule has 0 saturated carbocycles. The number of nitrogens with zero attached hydrogens (tertiary/aromatic N) is 2. The van der Waals surface area contributed by atoms with Gasteiger partial charge in [0.1, 0.15) is 0 Å². The van der Waals surface area contributed by atoms with Crippen LogP contribution in [0.15, 0.2) is 30.3 Å². The minimum absolute atomic E-state index is 0.542. The third-order valence-corrected chi connectivity index (χ3v) is 3.97. The number of hydrogen-bond acceptors (Lipinski definition) is 2. The van der Waals surface area contributed by atoms with E-state index in [0.717, 1.165) is 18.8 Å². The van der Waals surface area contributed by atoms with Gasteiger partial charge >= 0.3 is 0 Å². The molecule has 1 aromatic rings. The Morgan fingerprint density at radius 2 is 1.94 bits per heavy atom. The van der Waals surface area contributed by atoms with Crippen LogP contribution in [-0.2, 0) is 0 Å². The first-order valence-electron chi connectivity index (χ1n) is 6.85. The molecule has 100 valence electrons. The first-order valence-corrected chi connectivity index (χ1v) is 7.38. The van der Waals surface area contributed by atoms with Gasteiger partial charge < -0.3 is 4.90 Å². The molecule has 1 atom stereocenters. The Labute approximate surface area is 116 Å². The Bertz CT molecular complexity index is 342. The lowest BCUT2D eigenvalue weighted by Crippen LogP contribution is -2.47. The number of benzene rings is 1. The van der Waals surface area contributed by atoms with Gasteiger partial charge in [0.2, 0.25) is 0 Å². The summed E-state index contributed by atoms with van der Waals surface area (Å²) < 4.78 is 0. The van der Waals surface area contributed by atoms with Crippen molar-refractivity contribution in [3.05, 3.63) is 35.9 Å². The van der Waals surface area contributed by atoms with E-state index >= 15 is 0 Å². The van der Waals surface area contributed by atoms with Crippen LogP contribution >= 0.6 is 11.6 Å². The maximum Gasteiger partial charge on any atom is 0.0475 e. The molecule has 1 fully saturated rings. The van der Waals surface area contributed by atoms with Crippen LogP contribution in [0.2, 0.25) is 0 Å². The van der Waals surface area contributed by atoms with E-state index in [2.05, 4.69) is 47.2 Å². The van der Waals surface area contributed by atoms with Crippen molar-refractivity contribution in [2.24, 2.45) is 0 Å². The predicted molar refractivity (Wildman–Crippen MR) is 78.2 cm³/mol. The molecule has 1 heterocycles. The summed E-state index contributed by atoms with van der Waals surface area (Å²) in [5.41, 5.74) is 1.44. The van der Waals surface area contributed by atoms with Gasteiger partial charge in [-0.05, 0) is 32.0 Å². The second-order valence-corrected chi connectivity index (χ2v) is 5.50. The summed E-state index contributed by atoms with van der Waals surface area (Å²) >= 11 is 5.77. The second kappa shape index (κ2) is 7.13. The smallest absolute Gasteiger partial charge is 0.0475 e. The minimum atomic E-state index is 0.542. The van der Waals surface area contributed by atoms with Gasteiger partial charge in [-0.2, -0.15) is 0 Å². The zero-order valence-electron chi connectivity index (χ0n) is 11.2. The number of rotatable bonds is 5. The summed E-state index contributed by atoms with van der Waals surface area (Å²) in [5, 5.41) is 0. The largest absolute Gasteiger partial charge is 0.303 e. The lowest BCUT2D eigenvalue weighted by molar-refractivity contribution is 0.0887. The second-order valence-electron chi connectivity index (χ2n) is 5.12. The molecule has 3 heteroatoms. The van der Waals surface area contributed by atoms with Crippen LogP contribution in [0, 0.1) is 0 Å². The zero-order chi connectivity index (χ0) is 12.8. The standard InChI is InChI=1S/C15H23ClN2/c1-17-11-12-18(10-6-5-9-16)15(13-17)14-7-3-2-4-8-14/h2-4,7-8,15H,5-6,9-13H2,1H3. The van der Waals surface area contributed by atoms with Crippen molar-refractivity contribution in [3.8, 4) is 0 Å². The maximum absolute atomic E-state index is 5.77. The van der Waals surface area contributed by atoms with Gasteiger partial charge in [0, 0.05) is 31.6 Å². The zero-order valence-corrected chi connectivity index (χ0v) is 11.9. The highest BCUT2D eigenvalue weighted by atomic mass is 35.5. The van der Waals surface area contributed by atoms with E-state index in [9.17, 15) is 0 Å². The third-order valence-electron chi connectivity index (χ3n) is 3.71. The molecule has 0 aromatic heterocycles. The van der Waals surface area contributed by atoms with Gasteiger partial charge in [-0.3, -0.25) is 4.90 Å². The van der Waals surface area contributed by atoms with Crippen LogP contribution in [0.25, 0.3) is 0 Å². The van der Waals surface area contributed by atoms with Crippen LogP contribution in [0.5, 0.6) is 0 Å². The van der Waals surface area contributed by atoms with Crippen molar-refractivity contribution in [1.82, 2.24) is 9.80 Å². The summed E-state index contributed by atoms with van der Waals surface area (Å²) in [6.07, 6.45) is 2.33. The summed E-state index contributed by atoms with van der Waals surface area (Å²) in [5.74, 6) is 0.781. The van der Waals surface area contributed by atoms with E-state index < -0.39 is 0 Å². The van der Waals surface area contributed by atoms with Crippen LogP contribution in [0.1, 0.15) is 24.4 Å². The van der Waals surface area contributed by atoms with Crippen molar-refractivity contribution in [2.75, 3.05) is 39.1 Å². The topological polar surface area (TPSA) is 6.48 Å². The summed E-state index contributed by atoms with van der Waals surface area (Å²) in [6, 6.07) is 11.4. The van der Waals surface area contributed by atoms with Crippen LogP contribution in [0.4, 0.5) is 0 Å². The van der Waals surface area contributed by atoms with Crippen molar-refractivity contribution < 1.29 is 0 Å². The molecule has 1 aromatic carbocycles. The maximum atomic E-state index is 5.77. The molecule has 0 amide bonds. The first kappa shape index (κ1) is 13.9. The molecule has 1 unspecified atom stereocenters. The highest BCUT2D eigenvalue weighted by molar-refractivity contribution is 6.17. The first-order chi connectivity index (χ1) is 8.81. The van der Waals surface area contributed by atoms with Gasteiger partial charge in [-0.25, -0.2) is 0 Å². The third kappa shape index (κ3) is 3.71. The van der Waals surface area contributed by atoms with Gasteiger partial charge in [-0.1, -0.05) is 30.3 Å². The molecule has 0 radical (unpaired) electrons. The molecule has 0 spiro atoms. The average molecular weight is 267 g/mol. The summed E-state index contributed by atoms with van der Waals surface area (Å²) in [4.78, 5) is 5.04. The molecule has 1 aliphatic rings. The van der Waals surface area contributed by atoms with E-state index in [1.165, 1.54) is 31.6 Å². The number of halogens is 1. The van der Waals surface area contributed by atoms with E-state index in [1.807, 2.05) is 0 Å². The van der Waals surface area contributed by atoms with Crippen molar-refractivity contribution in [1.29, 1.82) is 0 Å². The Balaban J connectivity index is 2.02.